The van der Waals surface area contributed by atoms with Crippen LogP contribution in [0.15, 0.2) is 24.3 Å². The van der Waals surface area contributed by atoms with Crippen molar-refractivity contribution >= 4 is 61.1 Å². The number of likely N-dealkylation sites (tertiary alicyclic amines) is 1. The van der Waals surface area contributed by atoms with E-state index in [1.54, 1.807) is 0 Å². The van der Waals surface area contributed by atoms with E-state index in [2.05, 4.69) is 31.9 Å². The summed E-state index contributed by atoms with van der Waals surface area (Å²) in [5, 5.41) is 10.7. The van der Waals surface area contributed by atoms with Crippen LogP contribution >= 0.6 is 31.9 Å². The zero-order valence-electron chi connectivity index (χ0n) is 16.1. The Kier molecular flexibility index (Phi) is 5.99. The molecule has 6 atom stereocenters. The minimum Gasteiger partial charge on any atom is -0.457 e. The fourth-order valence-corrected chi connectivity index (χ4v) is 6.78. The van der Waals surface area contributed by atoms with Crippen LogP contribution in [0.2, 0.25) is 0 Å². The highest BCUT2D eigenvalue weighted by Crippen LogP contribution is 2.60. The number of alkyl halides is 2. The number of nitrogens with zero attached hydrogens (tertiary/aromatic N) is 2. The Labute approximate surface area is 193 Å². The Bertz CT molecular complexity index is 935. The van der Waals surface area contributed by atoms with E-state index in [4.69, 9.17) is 4.74 Å². The van der Waals surface area contributed by atoms with Crippen molar-refractivity contribution in [1.29, 1.82) is 0 Å². The average Bonchev–Trinajstić information content (AvgIpc) is 3.35. The Morgan fingerprint density at radius 3 is 2.13 bits per heavy atom. The fourth-order valence-electron chi connectivity index (χ4n) is 4.90. The minimum atomic E-state index is -0.701. The number of hydrogen-bond donors (Lipinski definition) is 0. The summed E-state index contributed by atoms with van der Waals surface area (Å²) in [6.45, 7) is -0.598. The van der Waals surface area contributed by atoms with E-state index >= 15 is 0 Å². The second-order valence-electron chi connectivity index (χ2n) is 7.97. The summed E-state index contributed by atoms with van der Waals surface area (Å²) in [7, 11) is 0. The van der Waals surface area contributed by atoms with Crippen LogP contribution in [0.4, 0.5) is 5.69 Å². The van der Waals surface area contributed by atoms with Crippen molar-refractivity contribution in [2.24, 2.45) is 23.7 Å². The number of carbonyl (C=O) groups excluding carboxylic acids is 4. The van der Waals surface area contributed by atoms with E-state index in [1.807, 2.05) is 0 Å². The first-order valence-electron chi connectivity index (χ1n) is 9.77. The van der Waals surface area contributed by atoms with Gasteiger partial charge in [0.25, 0.3) is 5.69 Å². The third-order valence-electron chi connectivity index (χ3n) is 6.38. The molecule has 1 heterocycles. The third kappa shape index (κ3) is 3.82. The molecule has 2 aliphatic carbocycles. The molecule has 3 fully saturated rings. The number of nitro groups is 1. The second-order valence-corrected chi connectivity index (χ2v) is 10.1. The summed E-state index contributed by atoms with van der Waals surface area (Å²) in [6.07, 6.45) is 0.633. The Hall–Kier alpha value is -2.14. The van der Waals surface area contributed by atoms with Crippen molar-refractivity contribution in [3.8, 4) is 0 Å². The quantitative estimate of drug-likeness (QED) is 0.126. The molecule has 31 heavy (non-hydrogen) atoms. The van der Waals surface area contributed by atoms with Crippen LogP contribution in [0.5, 0.6) is 0 Å². The molecule has 1 saturated heterocycles. The Morgan fingerprint density at radius 1 is 1.06 bits per heavy atom. The molecular formula is C20H18Br2N2O7. The number of imide groups is 1. The molecule has 2 bridgehead atoms. The van der Waals surface area contributed by atoms with E-state index in [0.717, 1.165) is 11.3 Å². The van der Waals surface area contributed by atoms with Crippen molar-refractivity contribution in [3.05, 3.63) is 39.9 Å². The molecule has 0 spiro atoms. The number of halogens is 2. The van der Waals surface area contributed by atoms with Gasteiger partial charge in [0, 0.05) is 33.9 Å². The number of ketones is 1. The van der Waals surface area contributed by atoms with Crippen LogP contribution in [-0.2, 0) is 19.1 Å². The number of non-ortho nitro benzene ring substituents is 1. The molecule has 4 rings (SSSR count). The number of benzene rings is 1. The summed E-state index contributed by atoms with van der Waals surface area (Å²) in [6, 6.07) is 4.96. The highest BCUT2D eigenvalue weighted by atomic mass is 79.9. The number of fused-ring (bicyclic) bond motifs is 5. The summed E-state index contributed by atoms with van der Waals surface area (Å²) in [5.74, 6) is -2.14. The maximum atomic E-state index is 12.8. The van der Waals surface area contributed by atoms with Gasteiger partial charge >= 0.3 is 5.97 Å². The van der Waals surface area contributed by atoms with Crippen molar-refractivity contribution in [2.45, 2.75) is 22.5 Å². The number of hydrogen-bond acceptors (Lipinski definition) is 7. The monoisotopic (exact) mass is 556 g/mol. The number of amides is 2. The highest BCUT2D eigenvalue weighted by Gasteiger charge is 2.66. The van der Waals surface area contributed by atoms with Gasteiger partial charge in [0.2, 0.25) is 11.8 Å². The number of nitro benzene ring substituents is 1. The van der Waals surface area contributed by atoms with Gasteiger partial charge in [-0.05, 0) is 30.4 Å². The Morgan fingerprint density at radius 2 is 1.61 bits per heavy atom. The van der Waals surface area contributed by atoms with Crippen LogP contribution in [0, 0.1) is 33.8 Å². The first-order valence-corrected chi connectivity index (χ1v) is 11.6. The van der Waals surface area contributed by atoms with Crippen LogP contribution in [0.1, 0.15) is 23.2 Å². The minimum absolute atomic E-state index is 0.0748. The molecular weight excluding hydrogens is 540 g/mol. The van der Waals surface area contributed by atoms with E-state index in [9.17, 15) is 29.3 Å². The topological polar surface area (TPSA) is 124 Å². The van der Waals surface area contributed by atoms with E-state index in [0.29, 0.717) is 0 Å². The summed E-state index contributed by atoms with van der Waals surface area (Å²) in [4.78, 5) is 61.3. The zero-order chi connectivity index (χ0) is 22.4. The van der Waals surface area contributed by atoms with E-state index < -0.39 is 23.3 Å². The van der Waals surface area contributed by atoms with Crippen molar-refractivity contribution in [1.82, 2.24) is 4.90 Å². The molecule has 0 aromatic heterocycles. The van der Waals surface area contributed by atoms with Crippen molar-refractivity contribution in [3.63, 3.8) is 0 Å². The predicted molar refractivity (Wildman–Crippen MR) is 114 cm³/mol. The van der Waals surface area contributed by atoms with Gasteiger partial charge < -0.3 is 4.74 Å². The molecule has 2 saturated carbocycles. The lowest BCUT2D eigenvalue weighted by Gasteiger charge is -2.28. The standard InChI is InChI=1S/C20H18Br2N2O7/c21-17-11-7-12(18(17)22)16-15(11)19(27)23(20(16)28)6-5-14(26)31-8-13(25)9-1-3-10(4-2-9)24(29)30/h1-4,11-12,15-18H,5-8H2/t11-,12-,15-,16+,17-,18+/m0/s1. The number of rotatable bonds is 7. The molecule has 1 aromatic carbocycles. The molecule has 0 N–H and O–H groups in total. The first kappa shape index (κ1) is 22.1. The van der Waals surface area contributed by atoms with Gasteiger partial charge in [-0.2, -0.15) is 0 Å². The molecule has 1 aromatic rings. The SMILES string of the molecule is O=C(CCN1C(=O)[C@@H]2[C@@H]3C[C@H]([C@H](Br)[C@@H]3Br)[C@@H]2C1=O)OCC(=O)c1ccc([N+](=O)[O-])cc1. The van der Waals surface area contributed by atoms with Gasteiger partial charge in [0.1, 0.15) is 0 Å². The number of carbonyl (C=O) groups is 4. The van der Waals surface area contributed by atoms with E-state index in [1.165, 1.54) is 24.3 Å². The van der Waals surface area contributed by atoms with Gasteiger partial charge in [-0.1, -0.05) is 31.9 Å². The van der Waals surface area contributed by atoms with Crippen LogP contribution < -0.4 is 0 Å². The summed E-state index contributed by atoms with van der Waals surface area (Å²) in [5.41, 5.74) is 0.0319. The zero-order valence-corrected chi connectivity index (χ0v) is 19.3. The normalized spacial score (nSPS) is 31.1. The van der Waals surface area contributed by atoms with Gasteiger partial charge in [-0.25, -0.2) is 0 Å². The van der Waals surface area contributed by atoms with Crippen molar-refractivity contribution < 1.29 is 28.8 Å². The lowest BCUT2D eigenvalue weighted by atomic mass is 9.81. The number of Topliss-reactive ketones (excluding diaryl/α,β-unsaturated/α-hetero) is 1. The maximum absolute atomic E-state index is 12.8. The fraction of sp³-hybridized carbons (Fsp3) is 0.500. The highest BCUT2D eigenvalue weighted by molar-refractivity contribution is 9.12. The lowest BCUT2D eigenvalue weighted by Crippen LogP contribution is -2.37. The Balaban J connectivity index is 1.28. The van der Waals surface area contributed by atoms with Crippen LogP contribution in [0.25, 0.3) is 0 Å². The molecule has 164 valence electrons. The largest absolute Gasteiger partial charge is 0.457 e. The van der Waals surface area contributed by atoms with Crippen LogP contribution in [-0.4, -0.2) is 56.2 Å². The molecule has 2 amide bonds. The number of ether oxygens (including phenoxy) is 1. The number of esters is 1. The molecule has 0 unspecified atom stereocenters. The summed E-state index contributed by atoms with van der Waals surface area (Å²) < 4.78 is 4.96. The van der Waals surface area contributed by atoms with Gasteiger partial charge in [0.05, 0.1) is 23.2 Å². The molecule has 0 radical (unpaired) electrons. The van der Waals surface area contributed by atoms with Crippen molar-refractivity contribution in [2.75, 3.05) is 13.2 Å². The molecule has 11 heteroatoms. The first-order chi connectivity index (χ1) is 14.7. The van der Waals surface area contributed by atoms with E-state index in [-0.39, 0.29) is 69.4 Å². The van der Waals surface area contributed by atoms with Gasteiger partial charge in [-0.15, -0.1) is 0 Å². The second kappa shape index (κ2) is 8.42. The average molecular weight is 558 g/mol. The third-order valence-corrected chi connectivity index (χ3v) is 9.59. The molecule has 3 aliphatic rings. The maximum Gasteiger partial charge on any atom is 0.308 e. The smallest absolute Gasteiger partial charge is 0.308 e. The van der Waals surface area contributed by atoms with Gasteiger partial charge in [-0.3, -0.25) is 34.2 Å². The molecule has 1 aliphatic heterocycles. The predicted octanol–water partition coefficient (Wildman–Crippen LogP) is 2.49. The summed E-state index contributed by atoms with van der Waals surface area (Å²) >= 11 is 7.25. The lowest BCUT2D eigenvalue weighted by molar-refractivity contribution is -0.384. The van der Waals surface area contributed by atoms with Gasteiger partial charge in [0.15, 0.2) is 12.4 Å². The molecule has 9 nitrogen and oxygen atoms in total. The van der Waals surface area contributed by atoms with Crippen LogP contribution in [0.3, 0.4) is 0 Å².